The number of benzene rings is 9. The molecule has 2 aliphatic heterocycles. The smallest absolute Gasteiger partial charge is 0.340 e. The number of aromatic nitrogens is 3. The van der Waals surface area contributed by atoms with E-state index >= 15 is 64.8 Å². The van der Waals surface area contributed by atoms with Gasteiger partial charge in [0.25, 0.3) is 15.9 Å². The van der Waals surface area contributed by atoms with Crippen LogP contribution in [0.3, 0.4) is 0 Å². The summed E-state index contributed by atoms with van der Waals surface area (Å²) in [5.41, 5.74) is 16.0. The number of hydrogen-bond donors (Lipinski definition) is 17. The van der Waals surface area contributed by atoms with Crippen molar-refractivity contribution in [1.82, 2.24) is 61.8 Å². The van der Waals surface area contributed by atoms with Gasteiger partial charge in [0.15, 0.2) is 34.6 Å². The summed E-state index contributed by atoms with van der Waals surface area (Å²) in [6.07, 6.45) is -0.606. The van der Waals surface area contributed by atoms with E-state index in [1.165, 1.54) is 91.1 Å². The number of hydrogen-bond acceptors (Lipinski definition) is 25. The molecule has 2 saturated heterocycles. The zero-order valence-electron chi connectivity index (χ0n) is 78.9. The van der Waals surface area contributed by atoms with Gasteiger partial charge < -0.3 is 90.4 Å². The summed E-state index contributed by atoms with van der Waals surface area (Å²) in [4.78, 5) is 208. The van der Waals surface area contributed by atoms with Gasteiger partial charge in [-0.25, -0.2) is 30.9 Å². The number of fused-ring (bicyclic) bond motifs is 1. The third-order valence-corrected chi connectivity index (χ3v) is 29.5. The zero-order chi connectivity index (χ0) is 103. The summed E-state index contributed by atoms with van der Waals surface area (Å²) in [6, 6.07) is 30.7. The summed E-state index contributed by atoms with van der Waals surface area (Å²) in [7, 11) is -12.9. The maximum atomic E-state index is 19.3. The number of sulfone groups is 1. The number of aliphatic hydroxyl groups is 1. The summed E-state index contributed by atoms with van der Waals surface area (Å²) < 4.78 is 81.5. The topological polar surface area (TPSA) is 595 Å². The van der Waals surface area contributed by atoms with Gasteiger partial charge in [-0.2, -0.15) is 0 Å². The number of amides is 7. The molecular weight excluding hydrogens is 1940 g/mol. The standard InChI is InChI=1S/C104H114BrN17O19S2/c1-59(2)47-83(119-96(130)77(107)50-63-21-9-6-10-22-63)100(134)118-80(29-17-46-113-103(109)110)94(129)90-89(102(136)141-57-65-23-11-15-27-75(65)105)88(93(128)76(106)49-64-35-37-68(124)38-36-64)73(48-62-19-7-5-8-20-62)91(95(90)142(137,138)69-39-31-60(3)32-40-69)104(86(125)55-115-98(132)81-30-18-45-112-81,74-26-14-12-25-72(74)92(127)85(56-123)121-97(131)78(108)51-66-53-114-79-28-16-13-24-71(66)79)122(143(139,140)70-41-33-61(4)34-42-70)101(135)84(52-67-54-111-58-116-67)120-99(133)82-43-44-87(126)117-82/h5-16,19-28,31-42,53-54,58-59,76-78,80-85,112,114,123-124H,17-18,29-30,43-52,55-57,106-108H2,1-4H3,(H,111,116)(H,115,132)(H,117,126)(H,118,134)(H,119,130)(H,120,133)(H,121,131)(H4,109,110,113)/t76-,77+,78-,80-,81-,82-,83-,84-,85-,104?/m0/s1. The molecule has 2 aliphatic rings. The number of ketones is 4. The summed E-state index contributed by atoms with van der Waals surface area (Å²) in [5.74, 6) is -18.0. The fourth-order valence-corrected chi connectivity index (χ4v) is 21.7. The molecule has 39 heteroatoms. The number of nitrogens with two attached hydrogens (primary N) is 4. The molecule has 748 valence electrons. The molecule has 13 rings (SSSR count). The summed E-state index contributed by atoms with van der Waals surface area (Å²) in [5, 5.41) is 53.4. The lowest BCUT2D eigenvalue weighted by atomic mass is 9.69. The van der Waals surface area contributed by atoms with Crippen LogP contribution in [0.2, 0.25) is 0 Å². The summed E-state index contributed by atoms with van der Waals surface area (Å²) in [6.45, 7) is 2.40. The molecule has 9 aromatic carbocycles. The second kappa shape index (κ2) is 47.3. The van der Waals surface area contributed by atoms with E-state index in [-0.39, 0.29) is 88.5 Å². The number of guanidine groups is 1. The highest BCUT2D eigenvalue weighted by molar-refractivity contribution is 9.10. The van der Waals surface area contributed by atoms with Crippen LogP contribution in [0, 0.1) is 25.2 Å². The third-order valence-electron chi connectivity index (χ3n) is 25.1. The number of sulfonamides is 1. The van der Waals surface area contributed by atoms with Gasteiger partial charge in [-0.1, -0.05) is 199 Å². The van der Waals surface area contributed by atoms with Gasteiger partial charge >= 0.3 is 5.97 Å². The number of carbonyl (C=O) groups is 12. The number of para-hydroxylation sites is 1. The molecule has 0 aliphatic carbocycles. The maximum Gasteiger partial charge on any atom is 0.340 e. The van der Waals surface area contributed by atoms with Crippen LogP contribution in [0.5, 0.6) is 5.75 Å². The van der Waals surface area contributed by atoms with E-state index < -0.39 is 268 Å². The first kappa shape index (κ1) is 106. The van der Waals surface area contributed by atoms with Crippen molar-refractivity contribution < 1.29 is 89.3 Å². The Balaban J connectivity index is 1.29. The molecule has 0 radical (unpaired) electrons. The van der Waals surface area contributed by atoms with E-state index in [9.17, 15) is 19.8 Å². The van der Waals surface area contributed by atoms with Crippen LogP contribution in [0.15, 0.2) is 244 Å². The van der Waals surface area contributed by atoms with Crippen molar-refractivity contribution in [3.8, 4) is 5.75 Å². The molecule has 36 nitrogen and oxygen atoms in total. The molecule has 4 heterocycles. The van der Waals surface area contributed by atoms with Crippen molar-refractivity contribution in [3.05, 3.63) is 313 Å². The van der Waals surface area contributed by atoms with Crippen LogP contribution in [0.1, 0.15) is 162 Å². The van der Waals surface area contributed by atoms with Crippen LogP contribution >= 0.6 is 15.9 Å². The molecule has 21 N–H and O–H groups in total. The van der Waals surface area contributed by atoms with Crippen LogP contribution in [-0.4, -0.2) is 203 Å². The van der Waals surface area contributed by atoms with E-state index in [0.717, 1.165) is 54.9 Å². The highest BCUT2D eigenvalue weighted by atomic mass is 79.9. The normalized spacial score (nSPS) is 15.6. The Morgan fingerprint density at radius 3 is 1.85 bits per heavy atom. The Morgan fingerprint density at radius 2 is 1.22 bits per heavy atom. The van der Waals surface area contributed by atoms with Crippen LogP contribution in [0.25, 0.3) is 10.9 Å². The van der Waals surface area contributed by atoms with Gasteiger partial charge in [0.1, 0.15) is 36.5 Å². The van der Waals surface area contributed by atoms with Crippen molar-refractivity contribution in [2.75, 3.05) is 26.2 Å². The number of carbonyl (C=O) groups excluding carboxylic acids is 12. The first-order valence-electron chi connectivity index (χ1n) is 46.6. The number of nitrogens with zero attached hydrogens (tertiary/aromatic N) is 2. The number of halogens is 1. The van der Waals surface area contributed by atoms with Crippen molar-refractivity contribution in [2.24, 2.45) is 28.9 Å². The quantitative estimate of drug-likeness (QED) is 0.00622. The zero-order valence-corrected chi connectivity index (χ0v) is 82.1. The number of H-pyrrole nitrogens is 2. The lowest BCUT2D eigenvalue weighted by Crippen LogP contribution is -2.65. The maximum absolute atomic E-state index is 19.3. The Kier molecular flexibility index (Phi) is 35.0. The van der Waals surface area contributed by atoms with Gasteiger partial charge in [0.05, 0.1) is 81.2 Å². The number of ether oxygens (including phenoxy) is 1. The van der Waals surface area contributed by atoms with Gasteiger partial charge in [-0.05, 0) is 167 Å². The predicted molar refractivity (Wildman–Crippen MR) is 535 cm³/mol. The molecule has 0 saturated carbocycles. The molecule has 2 aromatic heterocycles. The van der Waals surface area contributed by atoms with Gasteiger partial charge in [0.2, 0.25) is 45.3 Å². The lowest BCUT2D eigenvalue weighted by molar-refractivity contribution is -0.141. The molecule has 11 aromatic rings. The molecule has 1 unspecified atom stereocenters. The van der Waals surface area contributed by atoms with Crippen LogP contribution in [-0.2, 0) is 107 Å². The predicted octanol–water partition coefficient (Wildman–Crippen LogP) is 6.68. The second-order valence-electron chi connectivity index (χ2n) is 35.9. The van der Waals surface area contributed by atoms with E-state index in [1.54, 1.807) is 107 Å². The van der Waals surface area contributed by atoms with Crippen molar-refractivity contribution in [2.45, 2.75) is 186 Å². The highest BCUT2D eigenvalue weighted by Gasteiger charge is 2.62. The van der Waals surface area contributed by atoms with Crippen LogP contribution in [0.4, 0.5) is 0 Å². The van der Waals surface area contributed by atoms with E-state index in [2.05, 4.69) is 73.4 Å². The van der Waals surface area contributed by atoms with Crippen molar-refractivity contribution in [3.63, 3.8) is 0 Å². The number of aromatic amines is 2. The minimum absolute atomic E-state index is 0.0649. The average Bonchev–Trinajstić information content (AvgIpc) is 1.21. The first-order chi connectivity index (χ1) is 68.4. The second-order valence-corrected chi connectivity index (χ2v) is 40.4. The minimum atomic E-state index is -6.53. The third kappa shape index (κ3) is 25.0. The highest BCUT2D eigenvalue weighted by Crippen LogP contribution is 2.52. The number of imidazole rings is 1. The number of phenols is 1. The molecule has 0 bridgehead atoms. The Bertz CT molecular complexity index is 6810. The van der Waals surface area contributed by atoms with Gasteiger partial charge in [-0.3, -0.25) is 58.1 Å². The number of aliphatic hydroxyl groups excluding tert-OH is 1. The monoisotopic (exact) mass is 2050 g/mol. The Labute approximate surface area is 834 Å². The van der Waals surface area contributed by atoms with Gasteiger partial charge in [0, 0.05) is 75.0 Å². The molecule has 7 amide bonds. The molecule has 10 atom stereocenters. The van der Waals surface area contributed by atoms with E-state index in [0.29, 0.717) is 39.6 Å². The number of esters is 1. The van der Waals surface area contributed by atoms with E-state index in [1.807, 2.05) is 0 Å². The fourth-order valence-electron chi connectivity index (χ4n) is 17.8. The first-order valence-corrected chi connectivity index (χ1v) is 50.3. The molecule has 2 fully saturated rings. The number of aromatic hydroxyl groups is 1. The Hall–Kier alpha value is -14.6. The Morgan fingerprint density at radius 1 is 0.608 bits per heavy atom. The average molecular weight is 2050 g/mol. The minimum Gasteiger partial charge on any atom is -0.508 e. The largest absolute Gasteiger partial charge is 0.508 e. The lowest BCUT2D eigenvalue weighted by Gasteiger charge is -2.46. The number of nitrogens with one attached hydrogen (secondary N) is 11. The van der Waals surface area contributed by atoms with Crippen LogP contribution < -0.4 is 65.5 Å². The van der Waals surface area contributed by atoms with E-state index in [4.69, 9.17) is 33.1 Å². The molecule has 0 spiro atoms. The number of Topliss-reactive ketones (excluding diaryl/α,β-unsaturated/α-hetero) is 4. The number of aryl methyl sites for hydroxylation is 2. The molecule has 143 heavy (non-hydrogen) atoms. The molecular formula is C104H114BrN17O19S2. The van der Waals surface area contributed by atoms with Gasteiger partial charge in [-0.15, -0.1) is 0 Å². The summed E-state index contributed by atoms with van der Waals surface area (Å²) >= 11 is 3.52. The van der Waals surface area contributed by atoms with Crippen molar-refractivity contribution >= 4 is 123 Å². The van der Waals surface area contributed by atoms with Crippen molar-refractivity contribution in [1.29, 1.82) is 5.41 Å². The number of rotatable bonds is 46. The number of phenolic OH excluding ortho intramolecular Hbond substituents is 1. The fraction of sp³-hybridized carbons (Fsp3) is 0.308. The SMILES string of the molecule is Cc1ccc(S(=O)(=O)c2c(C(=O)[C@H](CCCNC(=N)N)NC(=O)[C@H](CC(C)C)NC(=O)[C@H](N)Cc3ccccc3)c(C(=O)OCc3ccccc3Br)c(C(=O)[C@@H](N)Cc3ccc(O)cc3)c(Cc3ccccc3)c2C(C(=O)CNC(=O)[C@@H]2CCCN2)(c2ccccc2C(=O)[C@H](CO)NC(=O)[C@@H](N)Cc2c[nH]c3ccccc23)N(C(=O)[C@H](Cc2c[nH]cn2)NC(=O)[C@@H]2CCC(=O)N2)S(=O)(=O)c2ccc(C)cc2)cc1.